The van der Waals surface area contributed by atoms with Gasteiger partial charge in [0.25, 0.3) is 5.91 Å². The van der Waals surface area contributed by atoms with Crippen LogP contribution in [0.15, 0.2) is 64.4 Å². The Kier molecular flexibility index (Phi) is 4.75. The second kappa shape index (κ2) is 7.33. The maximum absolute atomic E-state index is 12.8. The van der Waals surface area contributed by atoms with E-state index in [1.165, 1.54) is 22.9 Å². The van der Waals surface area contributed by atoms with Crippen molar-refractivity contribution in [3.8, 4) is 0 Å². The van der Waals surface area contributed by atoms with Crippen LogP contribution in [0.2, 0.25) is 0 Å². The molecule has 6 heteroatoms. The maximum atomic E-state index is 12.8. The van der Waals surface area contributed by atoms with Gasteiger partial charge in [-0.1, -0.05) is 36.0 Å². The number of likely N-dealkylation sites (N-methyl/N-ethyl adjacent to an activating group) is 1. The summed E-state index contributed by atoms with van der Waals surface area (Å²) in [6.07, 6.45) is 5.21. The molecular weight excluding hydrogens is 346 g/mol. The summed E-state index contributed by atoms with van der Waals surface area (Å²) in [7, 11) is 1.85. The number of carbonyl (C=O) groups excluding carboxylic acids is 1. The zero-order valence-electron chi connectivity index (χ0n) is 14.5. The van der Waals surface area contributed by atoms with Gasteiger partial charge in [-0.05, 0) is 42.2 Å². The van der Waals surface area contributed by atoms with Crippen molar-refractivity contribution < 1.29 is 9.21 Å². The highest BCUT2D eigenvalue weighted by atomic mass is 32.2. The lowest BCUT2D eigenvalue weighted by Gasteiger charge is -2.23. The molecule has 3 aromatic rings. The van der Waals surface area contributed by atoms with E-state index in [-0.39, 0.29) is 11.9 Å². The molecule has 1 amide bonds. The van der Waals surface area contributed by atoms with Gasteiger partial charge in [0, 0.05) is 25.5 Å². The number of amides is 1. The number of hydrogen-bond acceptors (Lipinski definition) is 5. The molecule has 0 spiro atoms. The van der Waals surface area contributed by atoms with Gasteiger partial charge in [0.2, 0.25) is 0 Å². The summed E-state index contributed by atoms with van der Waals surface area (Å²) >= 11 is 1.48. The fourth-order valence-corrected chi connectivity index (χ4v) is 3.91. The summed E-state index contributed by atoms with van der Waals surface area (Å²) in [4.78, 5) is 22.9. The highest BCUT2D eigenvalue weighted by Gasteiger charge is 2.29. The largest absolute Gasteiger partial charge is 0.455 e. The number of benzene rings is 1. The molecule has 0 aliphatic heterocycles. The van der Waals surface area contributed by atoms with Gasteiger partial charge in [0.05, 0.1) is 5.75 Å². The minimum absolute atomic E-state index is 0.0741. The van der Waals surface area contributed by atoms with Crippen molar-refractivity contribution >= 4 is 17.7 Å². The SMILES string of the molecule is CN(C(=O)c1ccc(CSc2ncccn2)o1)C1Cc2ccccc2C1. The smallest absolute Gasteiger partial charge is 0.289 e. The number of hydrogen-bond donors (Lipinski definition) is 0. The molecule has 26 heavy (non-hydrogen) atoms. The van der Waals surface area contributed by atoms with Crippen LogP contribution in [-0.2, 0) is 18.6 Å². The van der Waals surface area contributed by atoms with Crippen LogP contribution in [0.25, 0.3) is 0 Å². The third-order valence-corrected chi connectivity index (χ3v) is 5.55. The minimum Gasteiger partial charge on any atom is -0.455 e. The fourth-order valence-electron chi connectivity index (χ4n) is 3.22. The molecule has 132 valence electrons. The molecule has 5 nitrogen and oxygen atoms in total. The highest BCUT2D eigenvalue weighted by molar-refractivity contribution is 7.98. The second-order valence-corrected chi connectivity index (χ2v) is 7.28. The monoisotopic (exact) mass is 365 g/mol. The fraction of sp³-hybridized carbons (Fsp3) is 0.250. The highest BCUT2D eigenvalue weighted by Crippen LogP contribution is 2.26. The molecule has 0 atom stereocenters. The number of fused-ring (bicyclic) bond motifs is 1. The summed E-state index contributed by atoms with van der Waals surface area (Å²) in [6, 6.07) is 13.9. The number of nitrogens with zero attached hydrogens (tertiary/aromatic N) is 3. The van der Waals surface area contributed by atoms with Crippen molar-refractivity contribution in [2.45, 2.75) is 29.8 Å². The standard InChI is InChI=1S/C20H19N3O2S/c1-23(16-11-14-5-2-3-6-15(14)12-16)19(24)18-8-7-17(25-18)13-26-20-21-9-4-10-22-20/h2-10,16H,11-13H2,1H3. The number of carbonyl (C=O) groups is 1. The predicted octanol–water partition coefficient (Wildman–Crippen LogP) is 3.60. The maximum Gasteiger partial charge on any atom is 0.289 e. The van der Waals surface area contributed by atoms with E-state index in [1.54, 1.807) is 29.4 Å². The molecule has 0 unspecified atom stereocenters. The minimum atomic E-state index is -0.0741. The van der Waals surface area contributed by atoms with Crippen LogP contribution in [0.5, 0.6) is 0 Å². The van der Waals surface area contributed by atoms with Gasteiger partial charge in [-0.3, -0.25) is 4.79 Å². The van der Waals surface area contributed by atoms with Crippen molar-refractivity contribution in [1.29, 1.82) is 0 Å². The first-order valence-corrected chi connectivity index (χ1v) is 9.52. The molecule has 0 fully saturated rings. The normalized spacial score (nSPS) is 13.6. The average molecular weight is 365 g/mol. The predicted molar refractivity (Wildman–Crippen MR) is 100 cm³/mol. The van der Waals surface area contributed by atoms with Crippen molar-refractivity contribution in [3.63, 3.8) is 0 Å². The van der Waals surface area contributed by atoms with E-state index in [1.807, 2.05) is 13.1 Å². The molecule has 0 radical (unpaired) electrons. The summed E-state index contributed by atoms with van der Waals surface area (Å²) in [5.41, 5.74) is 2.66. The quantitative estimate of drug-likeness (QED) is 0.511. The lowest BCUT2D eigenvalue weighted by molar-refractivity contribution is 0.0704. The zero-order valence-corrected chi connectivity index (χ0v) is 15.3. The topological polar surface area (TPSA) is 59.2 Å². The third kappa shape index (κ3) is 3.51. The molecule has 2 heterocycles. The Labute approximate surface area is 156 Å². The van der Waals surface area contributed by atoms with Crippen LogP contribution in [0.3, 0.4) is 0 Å². The van der Waals surface area contributed by atoms with Gasteiger partial charge >= 0.3 is 0 Å². The lowest BCUT2D eigenvalue weighted by Crippen LogP contribution is -2.37. The Hall–Kier alpha value is -2.60. The van der Waals surface area contributed by atoms with Crippen molar-refractivity contribution in [1.82, 2.24) is 14.9 Å². The Balaban J connectivity index is 1.39. The molecule has 2 aromatic heterocycles. The van der Waals surface area contributed by atoms with Crippen LogP contribution in [0.1, 0.15) is 27.4 Å². The van der Waals surface area contributed by atoms with Gasteiger partial charge < -0.3 is 9.32 Å². The molecule has 0 saturated carbocycles. The third-order valence-electron chi connectivity index (χ3n) is 4.66. The van der Waals surface area contributed by atoms with E-state index in [9.17, 15) is 4.79 Å². The van der Waals surface area contributed by atoms with Crippen LogP contribution in [0.4, 0.5) is 0 Å². The number of furan rings is 1. The molecule has 0 N–H and O–H groups in total. The van der Waals surface area contributed by atoms with Crippen molar-refractivity contribution in [2.24, 2.45) is 0 Å². The molecule has 0 saturated heterocycles. The first kappa shape index (κ1) is 16.8. The Bertz CT molecular complexity index is 885. The zero-order chi connectivity index (χ0) is 17.9. The van der Waals surface area contributed by atoms with E-state index in [0.29, 0.717) is 16.7 Å². The van der Waals surface area contributed by atoms with Crippen LogP contribution in [0, 0.1) is 0 Å². The van der Waals surface area contributed by atoms with E-state index in [0.717, 1.165) is 18.6 Å². The summed E-state index contributed by atoms with van der Waals surface area (Å²) in [6.45, 7) is 0. The summed E-state index contributed by atoms with van der Waals surface area (Å²) in [5, 5.41) is 0.692. The van der Waals surface area contributed by atoms with Crippen molar-refractivity contribution in [3.05, 3.63) is 77.5 Å². The number of thioether (sulfide) groups is 1. The molecule has 4 rings (SSSR count). The van der Waals surface area contributed by atoms with E-state index >= 15 is 0 Å². The van der Waals surface area contributed by atoms with Crippen LogP contribution < -0.4 is 0 Å². The molecule has 1 aromatic carbocycles. The van der Waals surface area contributed by atoms with E-state index in [2.05, 4.69) is 34.2 Å². The van der Waals surface area contributed by atoms with Gasteiger partial charge in [0.15, 0.2) is 10.9 Å². The summed E-state index contributed by atoms with van der Waals surface area (Å²) in [5.74, 6) is 1.65. The molecule has 1 aliphatic rings. The Morgan fingerprint density at radius 2 is 1.81 bits per heavy atom. The second-order valence-electron chi connectivity index (χ2n) is 6.33. The Morgan fingerprint density at radius 1 is 1.12 bits per heavy atom. The van der Waals surface area contributed by atoms with Gasteiger partial charge in [-0.2, -0.15) is 0 Å². The van der Waals surface area contributed by atoms with Gasteiger partial charge in [-0.25, -0.2) is 9.97 Å². The first-order valence-electron chi connectivity index (χ1n) is 8.53. The molecular formula is C20H19N3O2S. The average Bonchev–Trinajstić information content (AvgIpc) is 3.33. The van der Waals surface area contributed by atoms with Gasteiger partial charge in [0.1, 0.15) is 5.76 Å². The van der Waals surface area contributed by atoms with Crippen LogP contribution >= 0.6 is 11.8 Å². The number of aromatic nitrogens is 2. The summed E-state index contributed by atoms with van der Waals surface area (Å²) < 4.78 is 5.76. The number of rotatable bonds is 5. The van der Waals surface area contributed by atoms with Crippen molar-refractivity contribution in [2.75, 3.05) is 7.05 Å². The lowest BCUT2D eigenvalue weighted by atomic mass is 10.1. The van der Waals surface area contributed by atoms with Gasteiger partial charge in [-0.15, -0.1) is 0 Å². The first-order chi connectivity index (χ1) is 12.7. The molecule has 0 bridgehead atoms. The van der Waals surface area contributed by atoms with E-state index in [4.69, 9.17) is 4.42 Å². The molecule has 1 aliphatic carbocycles. The van der Waals surface area contributed by atoms with E-state index < -0.39 is 0 Å². The van der Waals surface area contributed by atoms with Crippen LogP contribution in [-0.4, -0.2) is 33.9 Å². The Morgan fingerprint density at radius 3 is 2.50 bits per heavy atom.